The van der Waals surface area contributed by atoms with Gasteiger partial charge in [0.25, 0.3) is 11.8 Å². The van der Waals surface area contributed by atoms with Gasteiger partial charge in [-0.2, -0.15) is 0 Å². The van der Waals surface area contributed by atoms with Crippen LogP contribution in [0.25, 0.3) is 21.5 Å². The van der Waals surface area contributed by atoms with E-state index < -0.39 is 0 Å². The van der Waals surface area contributed by atoms with Gasteiger partial charge in [-0.15, -0.1) is 0 Å². The first-order chi connectivity index (χ1) is 10.2. The molecule has 0 radical (unpaired) electrons. The molecule has 0 aromatic heterocycles. The fourth-order valence-corrected chi connectivity index (χ4v) is 3.23. The molecule has 3 heteroatoms. The molecule has 3 aromatic rings. The summed E-state index contributed by atoms with van der Waals surface area (Å²) in [5.41, 5.74) is 1.10. The second kappa shape index (κ2) is 4.16. The van der Waals surface area contributed by atoms with Gasteiger partial charge >= 0.3 is 0 Å². The smallest absolute Gasteiger partial charge is 0.262 e. The first-order valence-electron chi connectivity index (χ1n) is 7.03. The minimum atomic E-state index is -0.181. The van der Waals surface area contributed by atoms with E-state index >= 15 is 0 Å². The largest absolute Gasteiger partial charge is 0.275 e. The lowest BCUT2D eigenvalue weighted by atomic mass is 9.93. The van der Waals surface area contributed by atoms with Crippen LogP contribution in [0.5, 0.6) is 0 Å². The molecule has 3 aromatic carbocycles. The molecule has 4 rings (SSSR count). The molecule has 0 aliphatic carbocycles. The van der Waals surface area contributed by atoms with E-state index in [2.05, 4.69) is 0 Å². The number of carbonyl (C=O) groups is 2. The highest BCUT2D eigenvalue weighted by Gasteiger charge is 2.37. The molecule has 3 nitrogen and oxygen atoms in total. The van der Waals surface area contributed by atoms with Gasteiger partial charge in [0.2, 0.25) is 0 Å². The van der Waals surface area contributed by atoms with Crippen molar-refractivity contribution in [3.8, 4) is 0 Å². The topological polar surface area (TPSA) is 37.4 Å². The number of benzene rings is 3. The molecule has 0 saturated heterocycles. The Balaban J connectivity index is 2.28. The van der Waals surface area contributed by atoms with Crippen molar-refractivity contribution >= 4 is 33.4 Å². The first kappa shape index (κ1) is 12.1. The average molecular weight is 275 g/mol. The molecule has 1 aliphatic rings. The van der Waals surface area contributed by atoms with E-state index in [1.54, 1.807) is 0 Å². The summed E-state index contributed by atoms with van der Waals surface area (Å²) >= 11 is 0. The highest BCUT2D eigenvalue weighted by atomic mass is 16.2. The predicted molar refractivity (Wildman–Crippen MR) is 82.5 cm³/mol. The van der Waals surface area contributed by atoms with Gasteiger partial charge in [-0.3, -0.25) is 14.5 Å². The monoisotopic (exact) mass is 275 g/mol. The van der Waals surface area contributed by atoms with Crippen molar-refractivity contribution in [1.29, 1.82) is 0 Å². The van der Waals surface area contributed by atoms with Crippen molar-refractivity contribution < 1.29 is 9.59 Å². The van der Waals surface area contributed by atoms with E-state index in [4.69, 9.17) is 0 Å². The second-order valence-corrected chi connectivity index (χ2v) is 5.20. The van der Waals surface area contributed by atoms with E-state index in [0.29, 0.717) is 17.7 Å². The molecule has 0 atom stereocenters. The van der Waals surface area contributed by atoms with Crippen LogP contribution in [0.3, 0.4) is 0 Å². The lowest BCUT2D eigenvalue weighted by Crippen LogP contribution is -2.29. The lowest BCUT2D eigenvalue weighted by Gasteiger charge is -2.09. The van der Waals surface area contributed by atoms with Gasteiger partial charge in [-0.25, -0.2) is 0 Å². The van der Waals surface area contributed by atoms with E-state index in [1.165, 1.54) is 4.90 Å². The van der Waals surface area contributed by atoms with Crippen LogP contribution in [-0.4, -0.2) is 23.3 Å². The zero-order valence-corrected chi connectivity index (χ0v) is 11.6. The molecule has 0 bridgehead atoms. The minimum Gasteiger partial charge on any atom is -0.275 e. The maximum absolute atomic E-state index is 12.6. The molecule has 0 spiro atoms. The number of rotatable bonds is 1. The van der Waals surface area contributed by atoms with Gasteiger partial charge in [0.05, 0.1) is 11.1 Å². The highest BCUT2D eigenvalue weighted by Crippen LogP contribution is 2.37. The summed E-state index contributed by atoms with van der Waals surface area (Å²) in [6.07, 6.45) is 0. The second-order valence-electron chi connectivity index (χ2n) is 5.20. The van der Waals surface area contributed by atoms with Gasteiger partial charge in [0.15, 0.2) is 0 Å². The van der Waals surface area contributed by atoms with Crippen LogP contribution < -0.4 is 0 Å². The Kier molecular flexibility index (Phi) is 2.39. The van der Waals surface area contributed by atoms with Crippen LogP contribution in [0.15, 0.2) is 48.5 Å². The third-order valence-corrected chi connectivity index (χ3v) is 4.17. The quantitative estimate of drug-likeness (QED) is 0.502. The summed E-state index contributed by atoms with van der Waals surface area (Å²) in [6.45, 7) is 2.22. The van der Waals surface area contributed by atoms with Crippen molar-refractivity contribution in [2.75, 3.05) is 6.54 Å². The Morgan fingerprint density at radius 3 is 1.48 bits per heavy atom. The fraction of sp³-hybridized carbons (Fsp3) is 0.111. The summed E-state index contributed by atoms with van der Waals surface area (Å²) in [6, 6.07) is 15.6. The number of nitrogens with zero attached hydrogens (tertiary/aromatic N) is 1. The SMILES string of the molecule is CCN1C(=O)c2c(c3ccccc3c3ccccc23)C1=O. The zero-order chi connectivity index (χ0) is 14.6. The van der Waals surface area contributed by atoms with E-state index in [-0.39, 0.29) is 11.8 Å². The minimum absolute atomic E-state index is 0.181. The van der Waals surface area contributed by atoms with Crippen molar-refractivity contribution in [2.24, 2.45) is 0 Å². The third-order valence-electron chi connectivity index (χ3n) is 4.17. The Labute approximate surface area is 121 Å². The first-order valence-corrected chi connectivity index (χ1v) is 7.03. The van der Waals surface area contributed by atoms with Gasteiger partial charge in [0.1, 0.15) is 0 Å². The van der Waals surface area contributed by atoms with Crippen LogP contribution in [-0.2, 0) is 0 Å². The normalized spacial score (nSPS) is 14.2. The van der Waals surface area contributed by atoms with Crippen molar-refractivity contribution in [1.82, 2.24) is 4.90 Å². The molecule has 0 N–H and O–H groups in total. The molecule has 2 amide bonds. The van der Waals surface area contributed by atoms with Gasteiger partial charge in [-0.1, -0.05) is 48.5 Å². The molecule has 1 heterocycles. The van der Waals surface area contributed by atoms with Gasteiger partial charge in [0, 0.05) is 6.54 Å². The van der Waals surface area contributed by atoms with Crippen molar-refractivity contribution in [3.63, 3.8) is 0 Å². The Morgan fingerprint density at radius 1 is 0.714 bits per heavy atom. The Hall–Kier alpha value is -2.68. The van der Waals surface area contributed by atoms with Crippen molar-refractivity contribution in [3.05, 3.63) is 59.7 Å². The van der Waals surface area contributed by atoms with Gasteiger partial charge in [-0.05, 0) is 28.5 Å². The number of carbonyl (C=O) groups excluding carboxylic acids is 2. The number of amides is 2. The van der Waals surface area contributed by atoms with Crippen LogP contribution in [0.2, 0.25) is 0 Å². The molecular formula is C18H13NO2. The summed E-state index contributed by atoms with van der Waals surface area (Å²) in [5.74, 6) is -0.362. The van der Waals surface area contributed by atoms with Crippen LogP contribution in [0.4, 0.5) is 0 Å². The summed E-state index contributed by atoms with van der Waals surface area (Å²) in [5, 5.41) is 3.76. The molecule has 21 heavy (non-hydrogen) atoms. The van der Waals surface area contributed by atoms with Crippen molar-refractivity contribution in [2.45, 2.75) is 6.92 Å². The highest BCUT2D eigenvalue weighted by molar-refractivity contribution is 6.33. The Bertz CT molecular complexity index is 852. The zero-order valence-electron chi connectivity index (χ0n) is 11.6. The molecule has 102 valence electrons. The fourth-order valence-electron chi connectivity index (χ4n) is 3.23. The number of fused-ring (bicyclic) bond motifs is 6. The molecular weight excluding hydrogens is 262 g/mol. The number of imide groups is 1. The average Bonchev–Trinajstić information content (AvgIpc) is 2.79. The predicted octanol–water partition coefficient (Wildman–Crippen LogP) is 3.61. The summed E-state index contributed by atoms with van der Waals surface area (Å²) in [4.78, 5) is 26.5. The molecule has 1 aliphatic heterocycles. The number of hydrogen-bond acceptors (Lipinski definition) is 2. The number of hydrogen-bond donors (Lipinski definition) is 0. The lowest BCUT2D eigenvalue weighted by molar-refractivity contribution is 0.0664. The van der Waals surface area contributed by atoms with E-state index in [1.807, 2.05) is 55.5 Å². The van der Waals surface area contributed by atoms with Crippen LogP contribution in [0.1, 0.15) is 27.6 Å². The van der Waals surface area contributed by atoms with Crippen LogP contribution in [0, 0.1) is 0 Å². The summed E-state index contributed by atoms with van der Waals surface area (Å²) < 4.78 is 0. The van der Waals surface area contributed by atoms with Gasteiger partial charge < -0.3 is 0 Å². The summed E-state index contributed by atoms with van der Waals surface area (Å²) in [7, 11) is 0. The third kappa shape index (κ3) is 1.43. The molecule has 0 fully saturated rings. The van der Waals surface area contributed by atoms with Crippen LogP contribution >= 0.6 is 0 Å². The van der Waals surface area contributed by atoms with E-state index in [9.17, 15) is 9.59 Å². The standard InChI is InChI=1S/C18H13NO2/c1-2-19-17(20)15-13-9-5-3-7-11(13)12-8-4-6-10-14(12)16(15)18(19)21/h3-10H,2H2,1H3. The maximum Gasteiger partial charge on any atom is 0.262 e. The molecule has 0 saturated carbocycles. The Morgan fingerprint density at radius 2 is 1.10 bits per heavy atom. The maximum atomic E-state index is 12.6. The molecule has 0 unspecified atom stereocenters. The van der Waals surface area contributed by atoms with E-state index in [0.717, 1.165) is 21.5 Å².